The van der Waals surface area contributed by atoms with Crippen molar-refractivity contribution in [1.29, 1.82) is 0 Å². The summed E-state index contributed by atoms with van der Waals surface area (Å²) < 4.78 is 1.86. The Morgan fingerprint density at radius 1 is 1.48 bits per heavy atom. The number of nitrogens with zero attached hydrogens (tertiary/aromatic N) is 3. The molecule has 1 aliphatic carbocycles. The standard InChI is InChI=1S/C16H19ClN4O3.ClH/c17-13-5-4-11(8-16(13)21(23)24)9-18-14-2-1-3-15-12(14)10-19-20(15)6-7-22;/h4-5,8,10,14,18,22H,1-3,6-7,9H2;1H. The zero-order chi connectivity index (χ0) is 17.1. The highest BCUT2D eigenvalue weighted by atomic mass is 35.5. The Balaban J connectivity index is 0.00000225. The zero-order valence-electron chi connectivity index (χ0n) is 13.5. The maximum absolute atomic E-state index is 11.0. The fourth-order valence-electron chi connectivity index (χ4n) is 3.17. The van der Waals surface area contributed by atoms with E-state index in [0.29, 0.717) is 13.1 Å². The molecule has 2 aromatic rings. The van der Waals surface area contributed by atoms with Crippen LogP contribution in [-0.4, -0.2) is 26.4 Å². The minimum absolute atomic E-state index is 0. The Morgan fingerprint density at radius 3 is 3.00 bits per heavy atom. The molecule has 136 valence electrons. The van der Waals surface area contributed by atoms with Crippen LogP contribution in [0, 0.1) is 10.1 Å². The van der Waals surface area contributed by atoms with Crippen LogP contribution in [0.4, 0.5) is 5.69 Å². The predicted molar refractivity (Wildman–Crippen MR) is 97.2 cm³/mol. The van der Waals surface area contributed by atoms with Gasteiger partial charge in [0.05, 0.1) is 24.3 Å². The number of nitrogens with one attached hydrogen (secondary N) is 1. The highest BCUT2D eigenvalue weighted by molar-refractivity contribution is 6.32. The molecule has 1 unspecified atom stereocenters. The summed E-state index contributed by atoms with van der Waals surface area (Å²) in [5, 5.41) is 28.0. The van der Waals surface area contributed by atoms with Crippen LogP contribution in [0.25, 0.3) is 0 Å². The number of aromatic nitrogens is 2. The Hall–Kier alpha value is -1.67. The lowest BCUT2D eigenvalue weighted by molar-refractivity contribution is -0.384. The van der Waals surface area contributed by atoms with Crippen molar-refractivity contribution in [2.24, 2.45) is 0 Å². The van der Waals surface area contributed by atoms with Crippen LogP contribution >= 0.6 is 24.0 Å². The lowest BCUT2D eigenvalue weighted by atomic mass is 9.93. The van der Waals surface area contributed by atoms with Crippen molar-refractivity contribution in [2.75, 3.05) is 6.61 Å². The minimum atomic E-state index is -0.469. The fourth-order valence-corrected chi connectivity index (χ4v) is 3.35. The van der Waals surface area contributed by atoms with E-state index in [1.807, 2.05) is 10.9 Å². The number of benzene rings is 1. The topological polar surface area (TPSA) is 93.2 Å². The van der Waals surface area contributed by atoms with E-state index in [1.165, 1.54) is 6.07 Å². The monoisotopic (exact) mass is 386 g/mol. The number of aliphatic hydroxyl groups excluding tert-OH is 1. The van der Waals surface area contributed by atoms with E-state index in [1.54, 1.807) is 12.1 Å². The lowest BCUT2D eigenvalue weighted by Gasteiger charge is -2.24. The Morgan fingerprint density at radius 2 is 2.28 bits per heavy atom. The van der Waals surface area contributed by atoms with Crippen LogP contribution in [-0.2, 0) is 19.5 Å². The smallest absolute Gasteiger partial charge is 0.288 e. The van der Waals surface area contributed by atoms with Gasteiger partial charge in [-0.25, -0.2) is 0 Å². The molecule has 0 bridgehead atoms. The van der Waals surface area contributed by atoms with Crippen molar-refractivity contribution >= 4 is 29.7 Å². The number of hydrogen-bond acceptors (Lipinski definition) is 5. The van der Waals surface area contributed by atoms with E-state index in [0.717, 1.165) is 36.1 Å². The third kappa shape index (κ3) is 4.30. The van der Waals surface area contributed by atoms with E-state index in [9.17, 15) is 10.1 Å². The fraction of sp³-hybridized carbons (Fsp3) is 0.438. The molecule has 0 amide bonds. The van der Waals surface area contributed by atoms with Gasteiger partial charge in [0.25, 0.3) is 5.69 Å². The number of rotatable bonds is 6. The lowest BCUT2D eigenvalue weighted by Crippen LogP contribution is -2.25. The highest BCUT2D eigenvalue weighted by Gasteiger charge is 2.24. The van der Waals surface area contributed by atoms with Crippen LogP contribution in [0.15, 0.2) is 24.4 Å². The first-order valence-electron chi connectivity index (χ1n) is 7.91. The molecule has 3 rings (SSSR count). The third-order valence-corrected chi connectivity index (χ3v) is 4.65. The third-order valence-electron chi connectivity index (χ3n) is 4.33. The molecule has 0 saturated carbocycles. The number of halogens is 2. The second kappa shape index (κ2) is 8.62. The van der Waals surface area contributed by atoms with Gasteiger partial charge in [0.15, 0.2) is 0 Å². The molecular formula is C16H20Cl2N4O3. The molecule has 2 N–H and O–H groups in total. The predicted octanol–water partition coefficient (Wildman–Crippen LogP) is 3.03. The molecular weight excluding hydrogens is 367 g/mol. The second-order valence-electron chi connectivity index (χ2n) is 5.86. The summed E-state index contributed by atoms with van der Waals surface area (Å²) in [4.78, 5) is 10.5. The van der Waals surface area contributed by atoms with Crippen molar-refractivity contribution in [3.05, 3.63) is 56.4 Å². The molecule has 1 heterocycles. The van der Waals surface area contributed by atoms with E-state index in [4.69, 9.17) is 16.7 Å². The quantitative estimate of drug-likeness (QED) is 0.587. The number of aliphatic hydroxyl groups is 1. The van der Waals surface area contributed by atoms with Gasteiger partial charge in [-0.2, -0.15) is 5.10 Å². The summed E-state index contributed by atoms with van der Waals surface area (Å²) in [5.74, 6) is 0. The molecule has 1 aromatic carbocycles. The van der Waals surface area contributed by atoms with Gasteiger partial charge in [-0.15, -0.1) is 12.4 Å². The molecule has 9 heteroatoms. The Kier molecular flexibility index (Phi) is 6.78. The molecule has 1 aliphatic rings. The van der Waals surface area contributed by atoms with E-state index >= 15 is 0 Å². The van der Waals surface area contributed by atoms with Gasteiger partial charge in [0.2, 0.25) is 0 Å². The number of hydrogen-bond donors (Lipinski definition) is 2. The first-order valence-corrected chi connectivity index (χ1v) is 8.29. The molecule has 25 heavy (non-hydrogen) atoms. The maximum Gasteiger partial charge on any atom is 0.288 e. The Bertz CT molecular complexity index is 751. The van der Waals surface area contributed by atoms with Crippen LogP contribution in [0.3, 0.4) is 0 Å². The van der Waals surface area contributed by atoms with Crippen LogP contribution in [0.2, 0.25) is 5.02 Å². The van der Waals surface area contributed by atoms with Crippen LogP contribution in [0.1, 0.15) is 35.7 Å². The van der Waals surface area contributed by atoms with Crippen molar-refractivity contribution in [3.8, 4) is 0 Å². The van der Waals surface area contributed by atoms with Gasteiger partial charge < -0.3 is 10.4 Å². The molecule has 1 atom stereocenters. The largest absolute Gasteiger partial charge is 0.394 e. The number of nitro benzene ring substituents is 1. The highest BCUT2D eigenvalue weighted by Crippen LogP contribution is 2.30. The summed E-state index contributed by atoms with van der Waals surface area (Å²) in [6.45, 7) is 1.10. The molecule has 0 saturated heterocycles. The van der Waals surface area contributed by atoms with Gasteiger partial charge in [-0.1, -0.05) is 17.7 Å². The van der Waals surface area contributed by atoms with Crippen molar-refractivity contribution in [1.82, 2.24) is 15.1 Å². The molecule has 0 spiro atoms. The minimum Gasteiger partial charge on any atom is -0.394 e. The summed E-state index contributed by atoms with van der Waals surface area (Å²) in [5.41, 5.74) is 3.06. The normalized spacial score (nSPS) is 16.2. The molecule has 7 nitrogen and oxygen atoms in total. The maximum atomic E-state index is 11.0. The number of nitro groups is 1. The number of fused-ring (bicyclic) bond motifs is 1. The van der Waals surface area contributed by atoms with Gasteiger partial charge in [0.1, 0.15) is 5.02 Å². The first kappa shape index (κ1) is 19.7. The Labute approximate surface area is 156 Å². The van der Waals surface area contributed by atoms with Gasteiger partial charge in [-0.05, 0) is 30.9 Å². The van der Waals surface area contributed by atoms with Crippen molar-refractivity contribution < 1.29 is 10.0 Å². The summed E-state index contributed by atoms with van der Waals surface area (Å²) in [6, 6.07) is 5.02. The zero-order valence-corrected chi connectivity index (χ0v) is 15.1. The average Bonchev–Trinajstić information content (AvgIpc) is 2.98. The molecule has 0 aliphatic heterocycles. The van der Waals surface area contributed by atoms with Crippen LogP contribution < -0.4 is 5.32 Å². The summed E-state index contributed by atoms with van der Waals surface area (Å²) in [7, 11) is 0. The van der Waals surface area contributed by atoms with Crippen molar-refractivity contribution in [3.63, 3.8) is 0 Å². The second-order valence-corrected chi connectivity index (χ2v) is 6.27. The van der Waals surface area contributed by atoms with E-state index < -0.39 is 4.92 Å². The first-order chi connectivity index (χ1) is 11.6. The van der Waals surface area contributed by atoms with Gasteiger partial charge >= 0.3 is 0 Å². The molecule has 0 fully saturated rings. The average molecular weight is 387 g/mol. The molecule has 1 aromatic heterocycles. The van der Waals surface area contributed by atoms with Gasteiger partial charge in [0, 0.05) is 29.9 Å². The molecule has 0 radical (unpaired) electrons. The van der Waals surface area contributed by atoms with Gasteiger partial charge in [-0.3, -0.25) is 14.8 Å². The van der Waals surface area contributed by atoms with E-state index in [-0.39, 0.29) is 35.8 Å². The summed E-state index contributed by atoms with van der Waals surface area (Å²) >= 11 is 5.85. The van der Waals surface area contributed by atoms with E-state index in [2.05, 4.69) is 10.4 Å². The SMILES string of the molecule is Cl.O=[N+]([O-])c1cc(CNC2CCCc3c2cnn3CCO)ccc1Cl. The van der Waals surface area contributed by atoms with Crippen molar-refractivity contribution in [2.45, 2.75) is 38.4 Å². The summed E-state index contributed by atoms with van der Waals surface area (Å²) in [6.07, 6.45) is 4.85. The van der Waals surface area contributed by atoms with Crippen LogP contribution in [0.5, 0.6) is 0 Å².